The van der Waals surface area contributed by atoms with Crippen molar-refractivity contribution in [3.8, 4) is 0 Å². The summed E-state index contributed by atoms with van der Waals surface area (Å²) >= 11 is 6.07. The minimum atomic E-state index is -0.351. The molecule has 2 aromatic rings. The Labute approximate surface area is 104 Å². The summed E-state index contributed by atoms with van der Waals surface area (Å²) in [5.41, 5.74) is 1.58. The molecule has 0 atom stereocenters. The van der Waals surface area contributed by atoms with Gasteiger partial charge in [0, 0.05) is 5.92 Å². The van der Waals surface area contributed by atoms with E-state index in [1.165, 1.54) is 12.5 Å². The molecule has 1 aromatic heterocycles. The second kappa shape index (κ2) is 3.91. The molecule has 1 aliphatic carbocycles. The summed E-state index contributed by atoms with van der Waals surface area (Å²) in [4.78, 5) is 8.72. The lowest BCUT2D eigenvalue weighted by Crippen LogP contribution is -2.13. The van der Waals surface area contributed by atoms with Gasteiger partial charge >= 0.3 is 0 Å². The van der Waals surface area contributed by atoms with Crippen molar-refractivity contribution < 1.29 is 4.39 Å². The van der Waals surface area contributed by atoms with Crippen LogP contribution in [0.2, 0.25) is 5.15 Å². The van der Waals surface area contributed by atoms with E-state index in [2.05, 4.69) is 9.97 Å². The third kappa shape index (κ3) is 1.69. The van der Waals surface area contributed by atoms with Gasteiger partial charge in [-0.05, 0) is 31.4 Å². The monoisotopic (exact) mass is 250 g/mol. The summed E-state index contributed by atoms with van der Waals surface area (Å²) in [6, 6.07) is 3.14. The molecule has 0 saturated heterocycles. The Morgan fingerprint density at radius 1 is 1.29 bits per heavy atom. The van der Waals surface area contributed by atoms with E-state index >= 15 is 0 Å². The average molecular weight is 251 g/mol. The molecule has 1 aromatic carbocycles. The smallest absolute Gasteiger partial charge is 0.143 e. The Kier molecular flexibility index (Phi) is 2.51. The summed E-state index contributed by atoms with van der Waals surface area (Å²) in [6.45, 7) is 1.91. The molecule has 2 nitrogen and oxygen atoms in total. The Hall–Kier alpha value is -1.22. The predicted octanol–water partition coefficient (Wildman–Crippen LogP) is 4.00. The number of fused-ring (bicyclic) bond motifs is 1. The van der Waals surface area contributed by atoms with E-state index in [0.717, 1.165) is 24.2 Å². The zero-order valence-electron chi connectivity index (χ0n) is 9.50. The third-order valence-corrected chi connectivity index (χ3v) is 3.72. The zero-order chi connectivity index (χ0) is 12.0. The molecule has 17 heavy (non-hydrogen) atoms. The van der Waals surface area contributed by atoms with E-state index in [1.54, 1.807) is 6.07 Å². The van der Waals surface area contributed by atoms with Gasteiger partial charge in [-0.15, -0.1) is 0 Å². The molecule has 0 radical (unpaired) electrons. The van der Waals surface area contributed by atoms with Gasteiger partial charge in [0.2, 0.25) is 0 Å². The molecule has 3 rings (SSSR count). The van der Waals surface area contributed by atoms with Crippen molar-refractivity contribution in [1.29, 1.82) is 0 Å². The van der Waals surface area contributed by atoms with Gasteiger partial charge in [-0.1, -0.05) is 24.1 Å². The molecule has 1 fully saturated rings. The molecule has 0 aliphatic heterocycles. The number of benzene rings is 1. The molecule has 1 saturated carbocycles. The zero-order valence-corrected chi connectivity index (χ0v) is 10.3. The van der Waals surface area contributed by atoms with Crippen LogP contribution in [0.15, 0.2) is 12.1 Å². The Morgan fingerprint density at radius 2 is 2.06 bits per heavy atom. The van der Waals surface area contributed by atoms with Crippen molar-refractivity contribution in [2.45, 2.75) is 32.1 Å². The number of hydrogen-bond donors (Lipinski definition) is 0. The molecule has 0 unspecified atom stereocenters. The summed E-state index contributed by atoms with van der Waals surface area (Å²) < 4.78 is 13.7. The molecule has 1 heterocycles. The van der Waals surface area contributed by atoms with Gasteiger partial charge in [-0.3, -0.25) is 0 Å². The summed E-state index contributed by atoms with van der Waals surface area (Å²) in [6.07, 6.45) is 3.43. The summed E-state index contributed by atoms with van der Waals surface area (Å²) in [5, 5.41) is 0.577. The van der Waals surface area contributed by atoms with Gasteiger partial charge in [-0.25, -0.2) is 14.4 Å². The van der Waals surface area contributed by atoms with Crippen LogP contribution >= 0.6 is 11.6 Å². The first-order valence-corrected chi connectivity index (χ1v) is 6.17. The number of halogens is 2. The minimum Gasteiger partial charge on any atom is -0.232 e. The Bertz CT molecular complexity index is 593. The lowest BCUT2D eigenvalue weighted by Gasteiger charge is -2.24. The van der Waals surface area contributed by atoms with Gasteiger partial charge in [0.15, 0.2) is 0 Å². The van der Waals surface area contributed by atoms with Gasteiger partial charge in [-0.2, -0.15) is 0 Å². The maximum absolute atomic E-state index is 13.7. The summed E-state index contributed by atoms with van der Waals surface area (Å²) in [7, 11) is 0. The van der Waals surface area contributed by atoms with Crippen molar-refractivity contribution in [2.24, 2.45) is 0 Å². The van der Waals surface area contributed by atoms with Crippen LogP contribution in [0.1, 0.15) is 36.6 Å². The normalized spacial score (nSPS) is 16.2. The number of aromatic nitrogens is 2. The topological polar surface area (TPSA) is 25.8 Å². The largest absolute Gasteiger partial charge is 0.232 e. The van der Waals surface area contributed by atoms with E-state index in [-0.39, 0.29) is 11.0 Å². The van der Waals surface area contributed by atoms with Crippen LogP contribution in [0, 0.1) is 12.7 Å². The number of nitrogens with zero attached hydrogens (tertiary/aromatic N) is 2. The standard InChI is InChI=1S/C13H12ClFN2/c1-7-5-6-9(15)10-11(7)16-13(17-12(10)14)8-3-2-4-8/h5-6,8H,2-4H2,1H3. The van der Waals surface area contributed by atoms with Gasteiger partial charge in [0.1, 0.15) is 16.8 Å². The first-order chi connectivity index (χ1) is 8.16. The molecule has 0 spiro atoms. The van der Waals surface area contributed by atoms with Crippen molar-refractivity contribution >= 4 is 22.5 Å². The highest BCUT2D eigenvalue weighted by atomic mass is 35.5. The molecule has 0 N–H and O–H groups in total. The molecule has 0 amide bonds. The maximum Gasteiger partial charge on any atom is 0.143 e. The van der Waals surface area contributed by atoms with Crippen molar-refractivity contribution in [3.63, 3.8) is 0 Å². The molecule has 88 valence electrons. The van der Waals surface area contributed by atoms with Crippen LogP contribution in [-0.2, 0) is 0 Å². The summed E-state index contributed by atoms with van der Waals surface area (Å²) in [5.74, 6) is 0.817. The van der Waals surface area contributed by atoms with E-state index in [1.807, 2.05) is 6.92 Å². The number of rotatable bonds is 1. The van der Waals surface area contributed by atoms with E-state index in [0.29, 0.717) is 16.8 Å². The fourth-order valence-electron chi connectivity index (χ4n) is 2.16. The van der Waals surface area contributed by atoms with Crippen LogP contribution in [-0.4, -0.2) is 9.97 Å². The van der Waals surface area contributed by atoms with Crippen LogP contribution in [0.3, 0.4) is 0 Å². The average Bonchev–Trinajstić information content (AvgIpc) is 2.20. The van der Waals surface area contributed by atoms with Crippen molar-refractivity contribution in [2.75, 3.05) is 0 Å². The predicted molar refractivity (Wildman–Crippen MR) is 65.8 cm³/mol. The van der Waals surface area contributed by atoms with Crippen molar-refractivity contribution in [1.82, 2.24) is 9.97 Å². The lowest BCUT2D eigenvalue weighted by atomic mass is 9.85. The van der Waals surface area contributed by atoms with Gasteiger partial charge < -0.3 is 0 Å². The quantitative estimate of drug-likeness (QED) is 0.715. The van der Waals surface area contributed by atoms with E-state index < -0.39 is 0 Å². The first kappa shape index (κ1) is 10.9. The Morgan fingerprint density at radius 3 is 2.71 bits per heavy atom. The van der Waals surface area contributed by atoms with Crippen LogP contribution < -0.4 is 0 Å². The SMILES string of the molecule is Cc1ccc(F)c2c(Cl)nc(C3CCC3)nc12. The highest BCUT2D eigenvalue weighted by Gasteiger charge is 2.24. The lowest BCUT2D eigenvalue weighted by molar-refractivity contribution is 0.402. The molecule has 1 aliphatic rings. The maximum atomic E-state index is 13.7. The second-order valence-electron chi connectivity index (χ2n) is 4.59. The van der Waals surface area contributed by atoms with Gasteiger partial charge in [0.05, 0.1) is 10.9 Å². The van der Waals surface area contributed by atoms with Gasteiger partial charge in [0.25, 0.3) is 0 Å². The van der Waals surface area contributed by atoms with E-state index in [4.69, 9.17) is 11.6 Å². The van der Waals surface area contributed by atoms with E-state index in [9.17, 15) is 4.39 Å². The fourth-order valence-corrected chi connectivity index (χ4v) is 2.42. The highest BCUT2D eigenvalue weighted by molar-refractivity contribution is 6.34. The number of hydrogen-bond acceptors (Lipinski definition) is 2. The first-order valence-electron chi connectivity index (χ1n) is 5.79. The minimum absolute atomic E-state index is 0.234. The fraction of sp³-hybridized carbons (Fsp3) is 0.385. The van der Waals surface area contributed by atoms with Crippen molar-refractivity contribution in [3.05, 3.63) is 34.5 Å². The molecule has 0 bridgehead atoms. The third-order valence-electron chi connectivity index (χ3n) is 3.44. The van der Waals surface area contributed by atoms with Crippen LogP contribution in [0.4, 0.5) is 4.39 Å². The van der Waals surface area contributed by atoms with Crippen LogP contribution in [0.25, 0.3) is 10.9 Å². The van der Waals surface area contributed by atoms with Crippen LogP contribution in [0.5, 0.6) is 0 Å². The molecular weight excluding hydrogens is 239 g/mol. The second-order valence-corrected chi connectivity index (χ2v) is 4.95. The number of aryl methyl sites for hydroxylation is 1. The molecular formula is C13H12ClFN2. The highest BCUT2D eigenvalue weighted by Crippen LogP contribution is 2.36. The molecule has 4 heteroatoms. The Balaban J connectivity index is 2.27.